The fraction of sp³-hybridized carbons (Fsp3) is 0.393. The molecule has 1 fully saturated rings. The van der Waals surface area contributed by atoms with Gasteiger partial charge in [-0.1, -0.05) is 62.6 Å². The van der Waals surface area contributed by atoms with Crippen LogP contribution in [-0.2, 0) is 7.05 Å². The second kappa shape index (κ2) is 12.6. The maximum Gasteiger partial charge on any atom is 0.124 e. The Hall–Kier alpha value is -2.79. The molecule has 0 spiro atoms. The molecule has 4 rings (SSSR count). The van der Waals surface area contributed by atoms with E-state index in [2.05, 4.69) is 36.3 Å². The number of halogens is 2. The Morgan fingerprint density at radius 3 is 2.56 bits per heavy atom. The summed E-state index contributed by atoms with van der Waals surface area (Å²) in [4.78, 5) is 0. The quantitative estimate of drug-likeness (QED) is 0.363. The second-order valence-electron chi connectivity index (χ2n) is 8.74. The number of rotatable bonds is 7. The molecule has 0 radical (unpaired) electrons. The van der Waals surface area contributed by atoms with Crippen LogP contribution in [0.25, 0.3) is 17.0 Å². The van der Waals surface area contributed by atoms with Crippen molar-refractivity contribution in [2.24, 2.45) is 7.05 Å². The molecule has 34 heavy (non-hydrogen) atoms. The minimum atomic E-state index is -0.247. The molecule has 3 aromatic rings. The van der Waals surface area contributed by atoms with Gasteiger partial charge in [0.05, 0.1) is 11.4 Å². The Morgan fingerprint density at radius 1 is 1.15 bits per heavy atom. The Kier molecular flexibility index (Phi) is 9.58. The average Bonchev–Trinajstić information content (AvgIpc) is 3.25. The van der Waals surface area contributed by atoms with Crippen molar-refractivity contribution in [2.75, 3.05) is 18.9 Å². The lowest BCUT2D eigenvalue weighted by molar-refractivity contribution is 0.433. The molecule has 0 saturated heterocycles. The highest BCUT2D eigenvalue weighted by Gasteiger charge is 2.20. The van der Waals surface area contributed by atoms with Gasteiger partial charge in [0.25, 0.3) is 0 Å². The van der Waals surface area contributed by atoms with Crippen molar-refractivity contribution >= 4 is 23.0 Å². The van der Waals surface area contributed by atoms with Crippen LogP contribution >= 0.6 is 11.6 Å². The van der Waals surface area contributed by atoms with Gasteiger partial charge in [-0.05, 0) is 49.6 Å². The molecule has 1 aliphatic rings. The van der Waals surface area contributed by atoms with Crippen molar-refractivity contribution in [2.45, 2.75) is 51.4 Å². The van der Waals surface area contributed by atoms with Crippen molar-refractivity contribution < 1.29 is 4.39 Å². The van der Waals surface area contributed by atoms with Gasteiger partial charge in [0.15, 0.2) is 0 Å². The molecule has 1 aliphatic carbocycles. The van der Waals surface area contributed by atoms with Crippen molar-refractivity contribution in [3.63, 3.8) is 0 Å². The van der Waals surface area contributed by atoms with Gasteiger partial charge >= 0.3 is 0 Å². The summed E-state index contributed by atoms with van der Waals surface area (Å²) in [5.74, 6) is 0.389. The molecule has 4 nitrogen and oxygen atoms in total. The molecular weight excluding hydrogens is 447 g/mol. The largest absolute Gasteiger partial charge is 0.388 e. The van der Waals surface area contributed by atoms with Crippen LogP contribution in [0.5, 0.6) is 0 Å². The molecule has 0 unspecified atom stereocenters. The van der Waals surface area contributed by atoms with Crippen LogP contribution in [0.15, 0.2) is 55.1 Å². The Morgan fingerprint density at radius 2 is 1.88 bits per heavy atom. The fourth-order valence-electron chi connectivity index (χ4n) is 4.32. The zero-order chi connectivity index (χ0) is 24.5. The topological polar surface area (TPSA) is 41.9 Å². The van der Waals surface area contributed by atoms with E-state index in [1.807, 2.05) is 29.9 Å². The number of aromatic nitrogens is 2. The van der Waals surface area contributed by atoms with Gasteiger partial charge in [-0.2, -0.15) is 5.10 Å². The van der Waals surface area contributed by atoms with Crippen LogP contribution in [0, 0.1) is 5.82 Å². The highest BCUT2D eigenvalue weighted by atomic mass is 35.5. The molecule has 0 bridgehead atoms. The first-order chi connectivity index (χ1) is 16.4. The molecule has 0 amide bonds. The van der Waals surface area contributed by atoms with Crippen LogP contribution in [-0.4, -0.2) is 23.4 Å². The summed E-state index contributed by atoms with van der Waals surface area (Å²) in [6.07, 6.45) is 7.63. The van der Waals surface area contributed by atoms with E-state index in [1.165, 1.54) is 49.9 Å². The number of aryl methyl sites for hydroxylation is 1. The third-order valence-corrected chi connectivity index (χ3v) is 6.58. The maximum absolute atomic E-state index is 13.1. The minimum absolute atomic E-state index is 0.247. The number of nitrogens with zero attached hydrogens (tertiary/aromatic N) is 2. The molecular formula is C28H36ClFN4. The maximum atomic E-state index is 13.1. The fourth-order valence-corrected chi connectivity index (χ4v) is 4.56. The molecule has 0 aliphatic heterocycles. The van der Waals surface area contributed by atoms with Crippen molar-refractivity contribution in [3.05, 3.63) is 77.2 Å². The van der Waals surface area contributed by atoms with Gasteiger partial charge in [-0.25, -0.2) is 4.39 Å². The van der Waals surface area contributed by atoms with Crippen molar-refractivity contribution in [1.82, 2.24) is 15.1 Å². The summed E-state index contributed by atoms with van der Waals surface area (Å²) in [5, 5.41) is 11.7. The molecule has 182 valence electrons. The first-order valence-electron chi connectivity index (χ1n) is 12.1. The van der Waals surface area contributed by atoms with Crippen molar-refractivity contribution in [3.8, 4) is 11.3 Å². The third-order valence-electron chi connectivity index (χ3n) is 6.25. The molecule has 1 aromatic heterocycles. The van der Waals surface area contributed by atoms with E-state index >= 15 is 0 Å². The highest BCUT2D eigenvalue weighted by Crippen LogP contribution is 2.35. The van der Waals surface area contributed by atoms with Gasteiger partial charge in [0.2, 0.25) is 0 Å². The Labute approximate surface area is 208 Å². The summed E-state index contributed by atoms with van der Waals surface area (Å²) in [5.41, 5.74) is 5.83. The second-order valence-corrected chi connectivity index (χ2v) is 9.15. The zero-order valence-corrected chi connectivity index (χ0v) is 21.3. The van der Waals surface area contributed by atoms with E-state index in [4.69, 9.17) is 16.7 Å². The normalized spacial score (nSPS) is 13.7. The van der Waals surface area contributed by atoms with Gasteiger partial charge in [0.1, 0.15) is 5.82 Å². The zero-order valence-electron chi connectivity index (χ0n) is 20.5. The predicted molar refractivity (Wildman–Crippen MR) is 143 cm³/mol. The molecule has 0 atom stereocenters. The molecule has 1 heterocycles. The van der Waals surface area contributed by atoms with E-state index in [0.717, 1.165) is 40.5 Å². The van der Waals surface area contributed by atoms with Crippen LogP contribution in [0.3, 0.4) is 0 Å². The average molecular weight is 483 g/mol. The van der Waals surface area contributed by atoms with Gasteiger partial charge in [0, 0.05) is 54.1 Å². The summed E-state index contributed by atoms with van der Waals surface area (Å²) in [6, 6.07) is 14.9. The monoisotopic (exact) mass is 482 g/mol. The number of nitrogens with one attached hydrogen (secondary N) is 2. The standard InChI is InChI=1S/C16H19ClN2.C12H17FN2/c1-19-16(13-9-5-6-10-14(13)17)11-15(18-19)12-7-3-2-4-8-12;1-4-7-15-12-6-5-10(13)8-11(12)9(2)14-3/h5-6,9-12H,2-4,7-8H2,1H3;5-6,8,14-15H,2,4,7H2,1,3H3. The van der Waals surface area contributed by atoms with Crippen LogP contribution in [0.2, 0.25) is 5.02 Å². The smallest absolute Gasteiger partial charge is 0.124 e. The van der Waals surface area contributed by atoms with E-state index in [0.29, 0.717) is 11.6 Å². The minimum Gasteiger partial charge on any atom is -0.388 e. The van der Waals surface area contributed by atoms with Gasteiger partial charge in [-0.3, -0.25) is 4.68 Å². The van der Waals surface area contributed by atoms with E-state index in [1.54, 1.807) is 13.1 Å². The number of anilines is 1. The van der Waals surface area contributed by atoms with Gasteiger partial charge in [-0.15, -0.1) is 0 Å². The third kappa shape index (κ3) is 6.63. The number of benzene rings is 2. The van der Waals surface area contributed by atoms with E-state index < -0.39 is 0 Å². The summed E-state index contributed by atoms with van der Waals surface area (Å²) in [6.45, 7) is 6.79. The SMILES string of the molecule is C=C(NC)c1cc(F)ccc1NCCC.Cn1nc(C2CCCCC2)cc1-c1ccccc1Cl. The Balaban J connectivity index is 0.000000197. The highest BCUT2D eigenvalue weighted by molar-refractivity contribution is 6.33. The van der Waals surface area contributed by atoms with E-state index in [-0.39, 0.29) is 5.82 Å². The number of hydrogen-bond donors (Lipinski definition) is 2. The van der Waals surface area contributed by atoms with Gasteiger partial charge < -0.3 is 10.6 Å². The summed E-state index contributed by atoms with van der Waals surface area (Å²) >= 11 is 6.28. The predicted octanol–water partition coefficient (Wildman–Crippen LogP) is 7.63. The van der Waals surface area contributed by atoms with Crippen LogP contribution < -0.4 is 10.6 Å². The van der Waals surface area contributed by atoms with Crippen molar-refractivity contribution in [1.29, 1.82) is 0 Å². The lowest BCUT2D eigenvalue weighted by Crippen LogP contribution is -2.08. The summed E-state index contributed by atoms with van der Waals surface area (Å²) in [7, 11) is 3.78. The molecule has 2 aromatic carbocycles. The van der Waals surface area contributed by atoms with Crippen LogP contribution in [0.4, 0.5) is 10.1 Å². The Bertz CT molecular complexity index is 1090. The summed E-state index contributed by atoms with van der Waals surface area (Å²) < 4.78 is 15.0. The first kappa shape index (κ1) is 25.8. The number of hydrogen-bond acceptors (Lipinski definition) is 3. The van der Waals surface area contributed by atoms with Crippen LogP contribution in [0.1, 0.15) is 62.6 Å². The molecule has 1 saturated carbocycles. The lowest BCUT2D eigenvalue weighted by atomic mass is 9.87. The van der Waals surface area contributed by atoms with E-state index in [9.17, 15) is 4.39 Å². The lowest BCUT2D eigenvalue weighted by Gasteiger charge is -2.19. The molecule has 6 heteroatoms. The molecule has 2 N–H and O–H groups in total. The first-order valence-corrected chi connectivity index (χ1v) is 12.5.